The summed E-state index contributed by atoms with van der Waals surface area (Å²) >= 11 is 0. The van der Waals surface area contributed by atoms with E-state index in [1.165, 1.54) is 12.0 Å². The minimum Gasteiger partial charge on any atom is -0.497 e. The van der Waals surface area contributed by atoms with Gasteiger partial charge in [0.1, 0.15) is 22.8 Å². The Morgan fingerprint density at radius 1 is 1.14 bits per heavy atom. The Morgan fingerprint density at radius 2 is 2.00 bits per heavy atom. The smallest absolute Gasteiger partial charge is 0.322 e. The lowest BCUT2D eigenvalue weighted by Crippen LogP contribution is -2.52. The number of imide groups is 1. The lowest BCUT2D eigenvalue weighted by molar-refractivity contribution is -0.125. The summed E-state index contributed by atoms with van der Waals surface area (Å²) in [7, 11) is 1.52. The molecule has 6 rings (SSSR count). The number of pyridine rings is 2. The summed E-state index contributed by atoms with van der Waals surface area (Å²) in [6.07, 6.45) is 1.61. The van der Waals surface area contributed by atoms with Crippen molar-refractivity contribution in [2.45, 2.75) is 12.1 Å². The van der Waals surface area contributed by atoms with Gasteiger partial charge in [0.15, 0.2) is 11.1 Å². The predicted octanol–water partition coefficient (Wildman–Crippen LogP) is 2.17. The van der Waals surface area contributed by atoms with Crippen LogP contribution in [0, 0.1) is 0 Å². The highest BCUT2D eigenvalue weighted by atomic mass is 16.5. The maximum Gasteiger partial charge on any atom is 0.322 e. The zero-order valence-electron chi connectivity index (χ0n) is 19.1. The van der Waals surface area contributed by atoms with Crippen molar-refractivity contribution in [3.63, 3.8) is 0 Å². The summed E-state index contributed by atoms with van der Waals surface area (Å²) in [6, 6.07) is 13.1. The molecule has 0 saturated carbocycles. The maximum atomic E-state index is 13.2. The fourth-order valence-electron chi connectivity index (χ4n) is 4.59. The number of hydrogen-bond acceptors (Lipinski definition) is 8. The van der Waals surface area contributed by atoms with Gasteiger partial charge in [0.25, 0.3) is 11.8 Å². The number of ether oxygens (including phenoxy) is 1. The second-order valence-corrected chi connectivity index (χ2v) is 8.66. The summed E-state index contributed by atoms with van der Waals surface area (Å²) < 4.78 is 11.2. The first-order chi connectivity index (χ1) is 17.4. The molecule has 180 valence electrons. The predicted molar refractivity (Wildman–Crippen MR) is 128 cm³/mol. The highest BCUT2D eigenvalue weighted by Gasteiger charge is 2.53. The standard InChI is InChI=1S/C25H20N6O5/c1-35-15-4-2-14-11-31(22(32)16(14)8-15)12-25(23(33)29-24(34)30-25)20-9-18-19(36-20)6-5-17(28-18)13-3-7-21(26)27-10-13/h2-10H,11-12H2,1H3,(H2,26,27)(H2,29,30,33,34). The number of amides is 4. The summed E-state index contributed by atoms with van der Waals surface area (Å²) in [5.41, 5.74) is 7.63. The van der Waals surface area contributed by atoms with Gasteiger partial charge in [0, 0.05) is 29.9 Å². The molecule has 4 N–H and O–H groups in total. The normalized spacial score (nSPS) is 18.9. The number of benzene rings is 1. The fourth-order valence-corrected chi connectivity index (χ4v) is 4.59. The quantitative estimate of drug-likeness (QED) is 0.364. The molecule has 1 atom stereocenters. The van der Waals surface area contributed by atoms with E-state index in [4.69, 9.17) is 14.9 Å². The van der Waals surface area contributed by atoms with E-state index in [9.17, 15) is 14.4 Å². The molecule has 5 heterocycles. The minimum atomic E-state index is -1.62. The van der Waals surface area contributed by atoms with Crippen molar-refractivity contribution in [1.82, 2.24) is 25.5 Å². The van der Waals surface area contributed by atoms with Crippen LogP contribution in [0.1, 0.15) is 21.7 Å². The third kappa shape index (κ3) is 3.32. The number of anilines is 1. The molecule has 4 amide bonds. The number of urea groups is 1. The maximum absolute atomic E-state index is 13.2. The number of nitrogens with two attached hydrogens (primary N) is 1. The Hall–Kier alpha value is -4.93. The van der Waals surface area contributed by atoms with Crippen LogP contribution in [0.5, 0.6) is 5.75 Å². The Bertz CT molecular complexity index is 1560. The first-order valence-corrected chi connectivity index (χ1v) is 11.1. The molecule has 1 fully saturated rings. The number of methoxy groups -OCH3 is 1. The van der Waals surface area contributed by atoms with Crippen molar-refractivity contribution in [2.75, 3.05) is 19.4 Å². The molecule has 0 aliphatic carbocycles. The van der Waals surface area contributed by atoms with Crippen LogP contribution in [0.15, 0.2) is 59.1 Å². The third-order valence-electron chi connectivity index (χ3n) is 6.44. The first kappa shape index (κ1) is 21.6. The Morgan fingerprint density at radius 3 is 2.72 bits per heavy atom. The number of aromatic nitrogens is 2. The van der Waals surface area contributed by atoms with Crippen molar-refractivity contribution in [2.24, 2.45) is 0 Å². The van der Waals surface area contributed by atoms with Gasteiger partial charge in [-0.15, -0.1) is 0 Å². The lowest BCUT2D eigenvalue weighted by Gasteiger charge is -2.28. The molecule has 1 aromatic carbocycles. The van der Waals surface area contributed by atoms with Gasteiger partial charge in [-0.2, -0.15) is 0 Å². The van der Waals surface area contributed by atoms with E-state index in [2.05, 4.69) is 20.6 Å². The number of nitrogens with zero attached hydrogens (tertiary/aromatic N) is 3. The van der Waals surface area contributed by atoms with E-state index in [0.717, 1.165) is 11.1 Å². The molecule has 36 heavy (non-hydrogen) atoms. The van der Waals surface area contributed by atoms with E-state index in [-0.39, 0.29) is 24.8 Å². The number of nitrogens with one attached hydrogen (secondary N) is 2. The van der Waals surface area contributed by atoms with Crippen molar-refractivity contribution in [3.8, 4) is 17.0 Å². The lowest BCUT2D eigenvalue weighted by atomic mass is 9.95. The number of furan rings is 1. The number of rotatable bonds is 5. The molecule has 3 aromatic heterocycles. The second kappa shape index (κ2) is 7.80. The highest BCUT2D eigenvalue weighted by Crippen LogP contribution is 2.35. The SMILES string of the molecule is COc1ccc2c(c1)C(=O)N(CC1(c3cc4nc(-c5ccc(N)nc5)ccc4o3)NC(=O)NC1=O)C2. The molecule has 0 radical (unpaired) electrons. The van der Waals surface area contributed by atoms with Gasteiger partial charge in [-0.25, -0.2) is 14.8 Å². The highest BCUT2D eigenvalue weighted by molar-refractivity contribution is 6.08. The van der Waals surface area contributed by atoms with Crippen LogP contribution in [0.3, 0.4) is 0 Å². The molecule has 0 bridgehead atoms. The van der Waals surface area contributed by atoms with Gasteiger partial charge in [-0.05, 0) is 42.0 Å². The minimum absolute atomic E-state index is 0.130. The second-order valence-electron chi connectivity index (χ2n) is 8.66. The van der Waals surface area contributed by atoms with Crippen LogP contribution in [0.25, 0.3) is 22.4 Å². The Kier molecular flexibility index (Phi) is 4.68. The van der Waals surface area contributed by atoms with Gasteiger partial charge >= 0.3 is 6.03 Å². The van der Waals surface area contributed by atoms with Gasteiger partial charge in [-0.3, -0.25) is 14.9 Å². The number of hydrogen-bond donors (Lipinski definition) is 3. The molecule has 11 heteroatoms. The molecule has 2 aliphatic heterocycles. The van der Waals surface area contributed by atoms with E-state index in [0.29, 0.717) is 33.9 Å². The summed E-state index contributed by atoms with van der Waals surface area (Å²) in [6.45, 7) is 0.144. The number of fused-ring (bicyclic) bond motifs is 2. The van der Waals surface area contributed by atoms with Crippen LogP contribution in [0.4, 0.5) is 10.6 Å². The molecule has 1 unspecified atom stereocenters. The zero-order valence-corrected chi connectivity index (χ0v) is 19.1. The van der Waals surface area contributed by atoms with Gasteiger partial charge in [-0.1, -0.05) is 6.07 Å². The largest absolute Gasteiger partial charge is 0.497 e. The average molecular weight is 484 g/mol. The molecule has 4 aromatic rings. The summed E-state index contributed by atoms with van der Waals surface area (Å²) in [5.74, 6) is 0.233. The van der Waals surface area contributed by atoms with Gasteiger partial charge in [0.2, 0.25) is 0 Å². The van der Waals surface area contributed by atoms with Gasteiger partial charge < -0.3 is 25.1 Å². The molecule has 11 nitrogen and oxygen atoms in total. The molecule has 2 aliphatic rings. The van der Waals surface area contributed by atoms with Crippen molar-refractivity contribution in [3.05, 3.63) is 71.6 Å². The Labute approximate surface area is 204 Å². The van der Waals surface area contributed by atoms with Gasteiger partial charge in [0.05, 0.1) is 19.3 Å². The Balaban J connectivity index is 1.38. The molecule has 1 saturated heterocycles. The first-order valence-electron chi connectivity index (χ1n) is 11.1. The van der Waals surface area contributed by atoms with E-state index >= 15 is 0 Å². The van der Waals surface area contributed by atoms with Crippen molar-refractivity contribution < 1.29 is 23.5 Å². The van der Waals surface area contributed by atoms with E-state index in [1.807, 2.05) is 6.07 Å². The van der Waals surface area contributed by atoms with E-state index in [1.54, 1.807) is 48.7 Å². The number of nitrogen functional groups attached to an aromatic ring is 1. The molecular weight excluding hydrogens is 464 g/mol. The van der Waals surface area contributed by atoms with Crippen LogP contribution < -0.4 is 21.1 Å². The van der Waals surface area contributed by atoms with Crippen LogP contribution in [0.2, 0.25) is 0 Å². The van der Waals surface area contributed by atoms with Crippen LogP contribution in [-0.2, 0) is 16.9 Å². The summed E-state index contributed by atoms with van der Waals surface area (Å²) in [4.78, 5) is 48.8. The van der Waals surface area contributed by atoms with Crippen molar-refractivity contribution in [1.29, 1.82) is 0 Å². The number of carbonyl (C=O) groups excluding carboxylic acids is 3. The van der Waals surface area contributed by atoms with Crippen LogP contribution in [-0.4, -0.2) is 46.4 Å². The molecular formula is C25H20N6O5. The van der Waals surface area contributed by atoms with E-state index < -0.39 is 17.5 Å². The average Bonchev–Trinajstić information content (AvgIpc) is 3.53. The summed E-state index contributed by atoms with van der Waals surface area (Å²) in [5, 5.41) is 4.95. The monoisotopic (exact) mass is 484 g/mol. The fraction of sp³-hybridized carbons (Fsp3) is 0.160. The van der Waals surface area contributed by atoms with Crippen molar-refractivity contribution >= 4 is 34.8 Å². The molecule has 0 spiro atoms. The van der Waals surface area contributed by atoms with Crippen LogP contribution >= 0.6 is 0 Å². The zero-order chi connectivity index (χ0) is 25.0. The number of carbonyl (C=O) groups is 3. The topological polar surface area (TPSA) is 153 Å². The third-order valence-corrected chi connectivity index (χ3v) is 6.44.